The van der Waals surface area contributed by atoms with Crippen LogP contribution in [0.25, 0.3) is 6.08 Å². The standard InChI is InChI=1S/C19H20ClFN2/c1-3-13-14-6-4-5-11(14)9-17(22)18(13)19(23-2)15-10-12(21)7-8-16(15)20/h3,7-10,19,23H,1,4-6,22H2,2H3. The second kappa shape index (κ2) is 6.34. The maximum atomic E-state index is 13.7. The molecule has 0 saturated carbocycles. The van der Waals surface area contributed by atoms with E-state index < -0.39 is 0 Å². The zero-order chi connectivity index (χ0) is 16.6. The highest BCUT2D eigenvalue weighted by molar-refractivity contribution is 6.31. The Hall–Kier alpha value is -1.84. The van der Waals surface area contributed by atoms with Crippen LogP contribution in [0.15, 0.2) is 30.8 Å². The van der Waals surface area contributed by atoms with E-state index >= 15 is 0 Å². The number of rotatable bonds is 4. The molecule has 1 aliphatic rings. The van der Waals surface area contributed by atoms with E-state index in [1.807, 2.05) is 19.2 Å². The Labute approximate surface area is 141 Å². The van der Waals surface area contributed by atoms with E-state index in [0.29, 0.717) is 16.3 Å². The van der Waals surface area contributed by atoms with Crippen molar-refractivity contribution >= 4 is 23.4 Å². The van der Waals surface area contributed by atoms with Crippen LogP contribution in [0.4, 0.5) is 10.1 Å². The Morgan fingerprint density at radius 3 is 2.83 bits per heavy atom. The summed E-state index contributed by atoms with van der Waals surface area (Å²) in [5, 5.41) is 3.75. The van der Waals surface area contributed by atoms with Gasteiger partial charge in [-0.1, -0.05) is 24.3 Å². The van der Waals surface area contributed by atoms with E-state index in [4.69, 9.17) is 17.3 Å². The van der Waals surface area contributed by atoms with Gasteiger partial charge in [0.2, 0.25) is 0 Å². The van der Waals surface area contributed by atoms with Crippen molar-refractivity contribution in [3.05, 3.63) is 69.5 Å². The molecule has 2 aromatic carbocycles. The molecule has 3 N–H and O–H groups in total. The third-order valence-electron chi connectivity index (χ3n) is 4.57. The molecule has 120 valence electrons. The summed E-state index contributed by atoms with van der Waals surface area (Å²) in [6.45, 7) is 3.97. The fraction of sp³-hybridized carbons (Fsp3) is 0.263. The zero-order valence-electron chi connectivity index (χ0n) is 13.1. The number of hydrogen-bond acceptors (Lipinski definition) is 2. The van der Waals surface area contributed by atoms with Crippen molar-refractivity contribution in [2.45, 2.75) is 25.3 Å². The molecule has 0 fully saturated rings. The van der Waals surface area contributed by atoms with Crippen LogP contribution < -0.4 is 11.1 Å². The molecule has 2 aromatic rings. The molecule has 0 spiro atoms. The Morgan fingerprint density at radius 2 is 2.13 bits per heavy atom. The van der Waals surface area contributed by atoms with E-state index in [2.05, 4.69) is 11.9 Å². The maximum absolute atomic E-state index is 13.7. The Bertz CT molecular complexity index is 770. The minimum absolute atomic E-state index is 0.280. The van der Waals surface area contributed by atoms with Gasteiger partial charge in [-0.15, -0.1) is 0 Å². The smallest absolute Gasteiger partial charge is 0.123 e. The minimum atomic E-state index is -0.315. The van der Waals surface area contributed by atoms with Crippen molar-refractivity contribution in [1.29, 1.82) is 0 Å². The van der Waals surface area contributed by atoms with Gasteiger partial charge < -0.3 is 11.1 Å². The summed E-state index contributed by atoms with van der Waals surface area (Å²) in [6, 6.07) is 6.16. The predicted octanol–water partition coefficient (Wildman–Crippen LogP) is 4.50. The number of hydrogen-bond donors (Lipinski definition) is 2. The first kappa shape index (κ1) is 16.0. The highest BCUT2D eigenvalue weighted by Gasteiger charge is 2.25. The van der Waals surface area contributed by atoms with Crippen molar-refractivity contribution in [2.75, 3.05) is 12.8 Å². The fourth-order valence-corrected chi connectivity index (χ4v) is 3.79. The van der Waals surface area contributed by atoms with Gasteiger partial charge in [0.1, 0.15) is 5.82 Å². The number of anilines is 1. The molecular formula is C19H20ClFN2. The molecule has 2 nitrogen and oxygen atoms in total. The van der Waals surface area contributed by atoms with Gasteiger partial charge >= 0.3 is 0 Å². The van der Waals surface area contributed by atoms with Crippen LogP contribution in [0.2, 0.25) is 5.02 Å². The Morgan fingerprint density at radius 1 is 1.35 bits per heavy atom. The summed E-state index contributed by atoms with van der Waals surface area (Å²) in [4.78, 5) is 0. The minimum Gasteiger partial charge on any atom is -0.398 e. The first-order chi connectivity index (χ1) is 11.1. The molecule has 0 radical (unpaired) electrons. The highest BCUT2D eigenvalue weighted by atomic mass is 35.5. The lowest BCUT2D eigenvalue weighted by atomic mass is 9.88. The normalized spacial score (nSPS) is 14.6. The molecule has 0 aromatic heterocycles. The number of nitrogens with one attached hydrogen (secondary N) is 1. The largest absolute Gasteiger partial charge is 0.398 e. The fourth-order valence-electron chi connectivity index (χ4n) is 3.56. The average Bonchev–Trinajstić information content (AvgIpc) is 2.99. The second-order valence-electron chi connectivity index (χ2n) is 5.88. The van der Waals surface area contributed by atoms with Crippen LogP contribution in [-0.4, -0.2) is 7.05 Å². The summed E-state index contributed by atoms with van der Waals surface area (Å²) < 4.78 is 13.7. The number of benzene rings is 2. The SMILES string of the molecule is C=Cc1c2c(cc(N)c1C(NC)c1cc(F)ccc1Cl)CCC2. The monoisotopic (exact) mass is 330 g/mol. The topological polar surface area (TPSA) is 38.0 Å². The van der Waals surface area contributed by atoms with Crippen LogP contribution in [0.5, 0.6) is 0 Å². The summed E-state index contributed by atoms with van der Waals surface area (Å²) in [7, 11) is 1.82. The average molecular weight is 331 g/mol. The van der Waals surface area contributed by atoms with Gasteiger partial charge in [-0.3, -0.25) is 0 Å². The molecular weight excluding hydrogens is 311 g/mol. The third-order valence-corrected chi connectivity index (χ3v) is 4.91. The lowest BCUT2D eigenvalue weighted by Gasteiger charge is -2.24. The first-order valence-electron chi connectivity index (χ1n) is 7.75. The van der Waals surface area contributed by atoms with Gasteiger partial charge in [0.05, 0.1) is 6.04 Å². The molecule has 23 heavy (non-hydrogen) atoms. The lowest BCUT2D eigenvalue weighted by Crippen LogP contribution is -2.21. The number of nitrogen functional groups attached to an aromatic ring is 1. The summed E-state index contributed by atoms with van der Waals surface area (Å²) in [5.41, 5.74) is 12.3. The summed E-state index contributed by atoms with van der Waals surface area (Å²) >= 11 is 6.31. The maximum Gasteiger partial charge on any atom is 0.123 e. The van der Waals surface area contributed by atoms with Gasteiger partial charge in [-0.05, 0) is 72.8 Å². The second-order valence-corrected chi connectivity index (χ2v) is 6.28. The molecule has 1 aliphatic carbocycles. The van der Waals surface area contributed by atoms with Gasteiger partial charge in [-0.25, -0.2) is 4.39 Å². The van der Waals surface area contributed by atoms with Crippen LogP contribution >= 0.6 is 11.6 Å². The lowest BCUT2D eigenvalue weighted by molar-refractivity contribution is 0.617. The van der Waals surface area contributed by atoms with Crippen molar-refractivity contribution < 1.29 is 4.39 Å². The van der Waals surface area contributed by atoms with E-state index in [9.17, 15) is 4.39 Å². The van der Waals surface area contributed by atoms with Crippen molar-refractivity contribution in [3.63, 3.8) is 0 Å². The van der Waals surface area contributed by atoms with Gasteiger partial charge in [-0.2, -0.15) is 0 Å². The van der Waals surface area contributed by atoms with Gasteiger partial charge in [0.25, 0.3) is 0 Å². The quantitative estimate of drug-likeness (QED) is 0.810. The first-order valence-corrected chi connectivity index (χ1v) is 8.13. The number of halogens is 2. The molecule has 0 aliphatic heterocycles. The Balaban J connectivity index is 2.23. The van der Waals surface area contributed by atoms with E-state index in [1.54, 1.807) is 6.07 Å². The van der Waals surface area contributed by atoms with Crippen molar-refractivity contribution in [3.8, 4) is 0 Å². The molecule has 1 atom stereocenters. The van der Waals surface area contributed by atoms with Gasteiger partial charge in [0, 0.05) is 16.3 Å². The van der Waals surface area contributed by atoms with Gasteiger partial charge in [0.15, 0.2) is 0 Å². The molecule has 4 heteroatoms. The molecule has 0 amide bonds. The van der Waals surface area contributed by atoms with Crippen molar-refractivity contribution in [1.82, 2.24) is 5.32 Å². The summed E-state index contributed by atoms with van der Waals surface area (Å²) in [6.07, 6.45) is 5.06. The van der Waals surface area contributed by atoms with Crippen LogP contribution in [-0.2, 0) is 12.8 Å². The predicted molar refractivity (Wildman–Crippen MR) is 95.3 cm³/mol. The molecule has 0 saturated heterocycles. The molecule has 3 rings (SSSR count). The third kappa shape index (κ3) is 2.75. The van der Waals surface area contributed by atoms with Crippen LogP contribution in [0.1, 0.15) is 40.3 Å². The van der Waals surface area contributed by atoms with Crippen LogP contribution in [0.3, 0.4) is 0 Å². The molecule has 1 unspecified atom stereocenters. The molecule has 0 bridgehead atoms. The summed E-state index contributed by atoms with van der Waals surface area (Å²) in [5.74, 6) is -0.315. The van der Waals surface area contributed by atoms with E-state index in [-0.39, 0.29) is 11.9 Å². The highest BCUT2D eigenvalue weighted by Crippen LogP contribution is 2.39. The van der Waals surface area contributed by atoms with E-state index in [0.717, 1.165) is 30.4 Å². The number of nitrogens with two attached hydrogens (primary N) is 1. The zero-order valence-corrected chi connectivity index (χ0v) is 13.9. The number of aryl methyl sites for hydroxylation is 1. The Kier molecular flexibility index (Phi) is 4.42. The molecule has 0 heterocycles. The van der Waals surface area contributed by atoms with E-state index in [1.165, 1.54) is 23.3 Å². The number of fused-ring (bicyclic) bond motifs is 1. The van der Waals surface area contributed by atoms with Crippen molar-refractivity contribution in [2.24, 2.45) is 0 Å². The van der Waals surface area contributed by atoms with Crippen LogP contribution in [0, 0.1) is 5.82 Å².